The summed E-state index contributed by atoms with van der Waals surface area (Å²) in [4.78, 5) is 25.2. The van der Waals surface area contributed by atoms with Gasteiger partial charge in [0.1, 0.15) is 0 Å². The van der Waals surface area contributed by atoms with E-state index in [1.54, 1.807) is 6.92 Å². The molecular weight excluding hydrogens is 294 g/mol. The maximum absolute atomic E-state index is 11.5. The smallest absolute Gasteiger partial charge is 0.407 e. The van der Waals surface area contributed by atoms with Gasteiger partial charge in [-0.2, -0.15) is 0 Å². The molecule has 0 saturated carbocycles. The summed E-state index contributed by atoms with van der Waals surface area (Å²) < 4.78 is 4.93. The lowest BCUT2D eigenvalue weighted by Gasteiger charge is -2.34. The zero-order valence-corrected chi connectivity index (χ0v) is 13.4. The number of anilines is 2. The third-order valence-electron chi connectivity index (χ3n) is 4.44. The van der Waals surface area contributed by atoms with Crippen molar-refractivity contribution in [3.05, 3.63) is 23.8 Å². The molecule has 0 spiro atoms. The van der Waals surface area contributed by atoms with Gasteiger partial charge in [0.05, 0.1) is 6.61 Å². The standard InChI is InChI=1S/C17H23N3O3/c1-2-23-17(22)18-13-7-9-20(10-8-13)14-4-5-15-12(11-14)3-6-16(21)19-15/h4-5,11,13H,2-3,6-10H2,1H3,(H,18,22)(H,19,21). The third kappa shape index (κ3) is 3.75. The van der Waals surface area contributed by atoms with Gasteiger partial charge in [0.25, 0.3) is 0 Å². The Balaban J connectivity index is 1.58. The van der Waals surface area contributed by atoms with Crippen molar-refractivity contribution in [2.45, 2.75) is 38.6 Å². The van der Waals surface area contributed by atoms with Gasteiger partial charge in [-0.15, -0.1) is 0 Å². The summed E-state index contributed by atoms with van der Waals surface area (Å²) in [5.74, 6) is 0.0936. The molecule has 0 aromatic heterocycles. The molecule has 0 aliphatic carbocycles. The van der Waals surface area contributed by atoms with Crippen LogP contribution in [0.25, 0.3) is 0 Å². The van der Waals surface area contributed by atoms with E-state index in [-0.39, 0.29) is 18.0 Å². The van der Waals surface area contributed by atoms with E-state index in [0.717, 1.165) is 38.0 Å². The first-order valence-corrected chi connectivity index (χ1v) is 8.26. The first kappa shape index (κ1) is 15.6. The first-order chi connectivity index (χ1) is 11.2. The summed E-state index contributed by atoms with van der Waals surface area (Å²) in [6.07, 6.45) is 2.85. The van der Waals surface area contributed by atoms with Crippen LogP contribution in [0.4, 0.5) is 16.2 Å². The number of carbonyl (C=O) groups is 2. The van der Waals surface area contributed by atoms with Gasteiger partial charge in [-0.05, 0) is 49.9 Å². The fourth-order valence-corrected chi connectivity index (χ4v) is 3.19. The Morgan fingerprint density at radius 1 is 1.35 bits per heavy atom. The van der Waals surface area contributed by atoms with Crippen molar-refractivity contribution in [2.24, 2.45) is 0 Å². The number of aryl methyl sites for hydroxylation is 1. The molecule has 1 saturated heterocycles. The van der Waals surface area contributed by atoms with E-state index >= 15 is 0 Å². The molecule has 1 fully saturated rings. The van der Waals surface area contributed by atoms with Gasteiger partial charge in [-0.25, -0.2) is 4.79 Å². The van der Waals surface area contributed by atoms with Gasteiger partial charge in [-0.3, -0.25) is 4.79 Å². The summed E-state index contributed by atoms with van der Waals surface area (Å²) in [6.45, 7) is 4.02. The van der Waals surface area contributed by atoms with Crippen LogP contribution in [-0.4, -0.2) is 37.7 Å². The maximum atomic E-state index is 11.5. The molecule has 3 rings (SSSR count). The highest BCUT2D eigenvalue weighted by molar-refractivity contribution is 5.94. The van der Waals surface area contributed by atoms with E-state index in [1.165, 1.54) is 11.3 Å². The molecule has 0 unspecified atom stereocenters. The highest BCUT2D eigenvalue weighted by Crippen LogP contribution is 2.29. The van der Waals surface area contributed by atoms with E-state index in [0.29, 0.717) is 13.0 Å². The molecule has 0 radical (unpaired) electrons. The lowest BCUT2D eigenvalue weighted by atomic mass is 10.00. The molecule has 0 atom stereocenters. The van der Waals surface area contributed by atoms with Crippen LogP contribution in [0.5, 0.6) is 0 Å². The zero-order valence-electron chi connectivity index (χ0n) is 13.4. The van der Waals surface area contributed by atoms with Crippen LogP contribution in [0, 0.1) is 0 Å². The minimum absolute atomic E-state index is 0.0936. The molecule has 2 amide bonds. The number of carbonyl (C=O) groups excluding carboxylic acids is 2. The highest BCUT2D eigenvalue weighted by atomic mass is 16.5. The van der Waals surface area contributed by atoms with Crippen molar-refractivity contribution in [1.82, 2.24) is 5.32 Å². The number of nitrogens with zero attached hydrogens (tertiary/aromatic N) is 1. The summed E-state index contributed by atoms with van der Waals surface area (Å²) in [5.41, 5.74) is 3.33. The number of amides is 2. The summed E-state index contributed by atoms with van der Waals surface area (Å²) >= 11 is 0. The number of hydrogen-bond acceptors (Lipinski definition) is 4. The Bertz CT molecular complexity index is 595. The van der Waals surface area contributed by atoms with Crippen LogP contribution in [-0.2, 0) is 16.0 Å². The van der Waals surface area contributed by atoms with Crippen molar-refractivity contribution in [1.29, 1.82) is 0 Å². The Morgan fingerprint density at radius 2 is 2.13 bits per heavy atom. The predicted octanol–water partition coefficient (Wildman–Crippen LogP) is 2.29. The second-order valence-electron chi connectivity index (χ2n) is 6.02. The molecule has 6 nitrogen and oxygen atoms in total. The van der Waals surface area contributed by atoms with Crippen LogP contribution < -0.4 is 15.5 Å². The summed E-state index contributed by atoms with van der Waals surface area (Å²) in [7, 11) is 0. The topological polar surface area (TPSA) is 70.7 Å². The number of hydrogen-bond donors (Lipinski definition) is 2. The van der Waals surface area contributed by atoms with Gasteiger partial charge < -0.3 is 20.3 Å². The van der Waals surface area contributed by atoms with Crippen LogP contribution in [0.3, 0.4) is 0 Å². The normalized spacial score (nSPS) is 18.1. The van der Waals surface area contributed by atoms with Gasteiger partial charge in [-0.1, -0.05) is 0 Å². The molecule has 124 valence electrons. The average Bonchev–Trinajstić information content (AvgIpc) is 2.55. The fraction of sp³-hybridized carbons (Fsp3) is 0.529. The number of benzene rings is 1. The van der Waals surface area contributed by atoms with Crippen LogP contribution in [0.2, 0.25) is 0 Å². The highest BCUT2D eigenvalue weighted by Gasteiger charge is 2.22. The molecular formula is C17H23N3O3. The molecule has 1 aromatic rings. The van der Waals surface area contributed by atoms with Crippen molar-refractivity contribution in [2.75, 3.05) is 29.9 Å². The lowest BCUT2D eigenvalue weighted by molar-refractivity contribution is -0.116. The minimum Gasteiger partial charge on any atom is -0.450 e. The van der Waals surface area contributed by atoms with Crippen LogP contribution in [0.1, 0.15) is 31.7 Å². The lowest BCUT2D eigenvalue weighted by Crippen LogP contribution is -2.44. The fourth-order valence-electron chi connectivity index (χ4n) is 3.19. The quantitative estimate of drug-likeness (QED) is 0.897. The monoisotopic (exact) mass is 317 g/mol. The molecule has 0 bridgehead atoms. The zero-order chi connectivity index (χ0) is 16.2. The van der Waals surface area contributed by atoms with E-state index in [4.69, 9.17) is 4.74 Å². The third-order valence-corrected chi connectivity index (χ3v) is 4.44. The maximum Gasteiger partial charge on any atom is 0.407 e. The molecule has 2 aliphatic heterocycles. The van der Waals surface area contributed by atoms with E-state index in [2.05, 4.69) is 27.7 Å². The van der Waals surface area contributed by atoms with Crippen LogP contribution in [0.15, 0.2) is 18.2 Å². The van der Waals surface area contributed by atoms with Crippen molar-refractivity contribution in [3.63, 3.8) is 0 Å². The Kier molecular flexibility index (Phi) is 4.69. The minimum atomic E-state index is -0.324. The SMILES string of the molecule is CCOC(=O)NC1CCN(c2ccc3c(c2)CCC(=O)N3)CC1. The largest absolute Gasteiger partial charge is 0.450 e. The Labute approximate surface area is 136 Å². The van der Waals surface area contributed by atoms with Crippen molar-refractivity contribution >= 4 is 23.4 Å². The second kappa shape index (κ2) is 6.89. The van der Waals surface area contributed by atoms with E-state index in [1.807, 2.05) is 6.07 Å². The number of alkyl carbamates (subject to hydrolysis) is 1. The molecule has 2 aliphatic rings. The Morgan fingerprint density at radius 3 is 2.87 bits per heavy atom. The molecule has 2 N–H and O–H groups in total. The molecule has 1 aromatic carbocycles. The first-order valence-electron chi connectivity index (χ1n) is 8.26. The van der Waals surface area contributed by atoms with E-state index in [9.17, 15) is 9.59 Å². The number of fused-ring (bicyclic) bond motifs is 1. The number of rotatable bonds is 3. The van der Waals surface area contributed by atoms with Gasteiger partial charge >= 0.3 is 6.09 Å². The predicted molar refractivity (Wildman–Crippen MR) is 88.8 cm³/mol. The molecule has 2 heterocycles. The molecule has 6 heteroatoms. The average molecular weight is 317 g/mol. The second-order valence-corrected chi connectivity index (χ2v) is 6.02. The van der Waals surface area contributed by atoms with Gasteiger partial charge in [0, 0.05) is 36.9 Å². The summed E-state index contributed by atoms with van der Waals surface area (Å²) in [5, 5.41) is 5.82. The number of ether oxygens (including phenoxy) is 1. The van der Waals surface area contributed by atoms with Crippen LogP contribution >= 0.6 is 0 Å². The number of nitrogens with one attached hydrogen (secondary N) is 2. The van der Waals surface area contributed by atoms with Crippen molar-refractivity contribution < 1.29 is 14.3 Å². The van der Waals surface area contributed by atoms with Crippen molar-refractivity contribution in [3.8, 4) is 0 Å². The Hall–Kier alpha value is -2.24. The summed E-state index contributed by atoms with van der Waals surface area (Å²) in [6, 6.07) is 6.41. The van der Waals surface area contributed by atoms with Gasteiger partial charge in [0.15, 0.2) is 0 Å². The van der Waals surface area contributed by atoms with E-state index < -0.39 is 0 Å². The van der Waals surface area contributed by atoms with Gasteiger partial charge in [0.2, 0.25) is 5.91 Å². The molecule has 23 heavy (non-hydrogen) atoms. The number of piperidine rings is 1.